The van der Waals surface area contributed by atoms with Gasteiger partial charge in [0.15, 0.2) is 0 Å². The zero-order valence-electron chi connectivity index (χ0n) is 10.8. The third-order valence-corrected chi connectivity index (χ3v) is 5.49. The number of thioether (sulfide) groups is 1. The molecule has 0 N–H and O–H groups in total. The summed E-state index contributed by atoms with van der Waals surface area (Å²) >= 11 is 2.14. The van der Waals surface area contributed by atoms with E-state index < -0.39 is 0 Å². The summed E-state index contributed by atoms with van der Waals surface area (Å²) in [4.78, 5) is 12.2. The third kappa shape index (κ3) is 3.26. The first kappa shape index (κ1) is 12.5. The maximum atomic E-state index is 12.2. The Morgan fingerprint density at radius 1 is 1.19 bits per heavy atom. The first-order chi connectivity index (χ1) is 7.44. The monoisotopic (exact) mass is 240 g/mol. The first-order valence-corrected chi connectivity index (χ1v) is 7.56. The molecule has 2 atom stereocenters. The van der Waals surface area contributed by atoms with Gasteiger partial charge >= 0.3 is 0 Å². The van der Waals surface area contributed by atoms with E-state index in [1.807, 2.05) is 0 Å². The van der Waals surface area contributed by atoms with Crippen molar-refractivity contribution in [2.45, 2.75) is 69.8 Å². The van der Waals surface area contributed by atoms with Gasteiger partial charge in [-0.3, -0.25) is 4.79 Å². The van der Waals surface area contributed by atoms with Crippen LogP contribution in [-0.2, 0) is 4.79 Å². The fraction of sp³-hybridized carbons (Fsp3) is 0.929. The predicted molar refractivity (Wildman–Crippen MR) is 70.8 cm³/mol. The van der Waals surface area contributed by atoms with Gasteiger partial charge in [-0.15, -0.1) is 0 Å². The zero-order chi connectivity index (χ0) is 11.8. The van der Waals surface area contributed by atoms with Crippen LogP contribution in [0.1, 0.15) is 59.3 Å². The second kappa shape index (κ2) is 4.72. The van der Waals surface area contributed by atoms with Gasteiger partial charge < -0.3 is 0 Å². The van der Waals surface area contributed by atoms with Gasteiger partial charge in [0.25, 0.3) is 0 Å². The van der Waals surface area contributed by atoms with Gasteiger partial charge in [-0.25, -0.2) is 0 Å². The molecule has 0 amide bonds. The maximum Gasteiger partial charge on any atom is 0.136 e. The van der Waals surface area contributed by atoms with Gasteiger partial charge in [0.1, 0.15) is 5.78 Å². The largest absolute Gasteiger partial charge is 0.299 e. The fourth-order valence-corrected chi connectivity index (χ4v) is 4.60. The number of rotatable bonds is 3. The average molecular weight is 240 g/mol. The Balaban J connectivity index is 1.81. The molecule has 2 saturated heterocycles. The summed E-state index contributed by atoms with van der Waals surface area (Å²) in [5.41, 5.74) is 0.304. The van der Waals surface area contributed by atoms with Crippen molar-refractivity contribution >= 4 is 17.5 Å². The van der Waals surface area contributed by atoms with Crippen LogP contribution in [0.15, 0.2) is 0 Å². The maximum absolute atomic E-state index is 12.2. The van der Waals surface area contributed by atoms with Crippen molar-refractivity contribution in [3.63, 3.8) is 0 Å². The van der Waals surface area contributed by atoms with Crippen LogP contribution in [0.4, 0.5) is 0 Å². The van der Waals surface area contributed by atoms with Crippen molar-refractivity contribution in [2.24, 2.45) is 11.3 Å². The molecule has 2 bridgehead atoms. The van der Waals surface area contributed by atoms with Crippen LogP contribution in [-0.4, -0.2) is 16.3 Å². The van der Waals surface area contributed by atoms with Crippen molar-refractivity contribution in [1.29, 1.82) is 0 Å². The van der Waals surface area contributed by atoms with E-state index in [0.717, 1.165) is 23.3 Å². The van der Waals surface area contributed by atoms with Crippen molar-refractivity contribution in [2.75, 3.05) is 0 Å². The Kier molecular flexibility index (Phi) is 3.68. The molecule has 0 aromatic heterocycles. The summed E-state index contributed by atoms with van der Waals surface area (Å²) in [5.74, 6) is 0.952. The zero-order valence-corrected chi connectivity index (χ0v) is 11.6. The van der Waals surface area contributed by atoms with Crippen LogP contribution in [0, 0.1) is 11.3 Å². The molecule has 0 aromatic carbocycles. The molecule has 0 aliphatic carbocycles. The van der Waals surface area contributed by atoms with Crippen LogP contribution < -0.4 is 0 Å². The van der Waals surface area contributed by atoms with Crippen molar-refractivity contribution in [1.82, 2.24) is 0 Å². The molecule has 2 aliphatic heterocycles. The second-order valence-corrected chi connectivity index (χ2v) is 8.26. The van der Waals surface area contributed by atoms with E-state index >= 15 is 0 Å². The van der Waals surface area contributed by atoms with E-state index in [1.165, 1.54) is 25.7 Å². The third-order valence-electron chi connectivity index (χ3n) is 3.87. The fourth-order valence-electron chi connectivity index (χ4n) is 2.82. The minimum absolute atomic E-state index is 0.304. The summed E-state index contributed by atoms with van der Waals surface area (Å²) in [6, 6.07) is 0. The number of ketones is 1. The molecule has 92 valence electrons. The van der Waals surface area contributed by atoms with E-state index in [-0.39, 0.29) is 0 Å². The van der Waals surface area contributed by atoms with Crippen molar-refractivity contribution in [3.05, 3.63) is 0 Å². The molecule has 0 saturated carbocycles. The van der Waals surface area contributed by atoms with Gasteiger partial charge in [0.05, 0.1) is 0 Å². The number of fused-ring (bicyclic) bond motifs is 2. The molecule has 2 unspecified atom stereocenters. The molecule has 1 nitrogen and oxygen atoms in total. The van der Waals surface area contributed by atoms with Gasteiger partial charge in [0.2, 0.25) is 0 Å². The molecule has 2 aliphatic rings. The number of hydrogen-bond acceptors (Lipinski definition) is 2. The Labute approximate surface area is 104 Å². The molecular formula is C14H24OS. The standard InChI is InChI=1S/C14H24OS/c1-14(2,3)7-6-13(15)10-8-11-4-5-12(9-10)16-11/h10-12H,4-9H2,1-3H3. The molecule has 0 spiro atoms. The summed E-state index contributed by atoms with van der Waals surface area (Å²) < 4.78 is 0. The highest BCUT2D eigenvalue weighted by Crippen LogP contribution is 2.46. The van der Waals surface area contributed by atoms with E-state index in [4.69, 9.17) is 0 Å². The molecule has 2 heterocycles. The molecule has 0 aromatic rings. The lowest BCUT2D eigenvalue weighted by Gasteiger charge is -2.27. The normalized spacial score (nSPS) is 34.1. The van der Waals surface area contributed by atoms with Gasteiger partial charge in [0, 0.05) is 22.8 Å². The number of carbonyl (C=O) groups is 1. The van der Waals surface area contributed by atoms with E-state index in [0.29, 0.717) is 17.1 Å². The predicted octanol–water partition coefficient (Wildman–Crippen LogP) is 4.06. The van der Waals surface area contributed by atoms with E-state index in [2.05, 4.69) is 32.5 Å². The molecule has 2 fully saturated rings. The highest BCUT2D eigenvalue weighted by Gasteiger charge is 2.37. The Bertz CT molecular complexity index is 254. The summed E-state index contributed by atoms with van der Waals surface area (Å²) in [6.07, 6.45) is 6.91. The van der Waals surface area contributed by atoms with Gasteiger partial charge in [-0.05, 0) is 37.5 Å². The Hall–Kier alpha value is 0.0200. The van der Waals surface area contributed by atoms with Crippen LogP contribution in [0.3, 0.4) is 0 Å². The van der Waals surface area contributed by atoms with Crippen LogP contribution in [0.25, 0.3) is 0 Å². The average Bonchev–Trinajstić information content (AvgIpc) is 2.53. The lowest BCUT2D eigenvalue weighted by atomic mass is 9.85. The van der Waals surface area contributed by atoms with Gasteiger partial charge in [-0.1, -0.05) is 20.8 Å². The van der Waals surface area contributed by atoms with E-state index in [9.17, 15) is 4.79 Å². The lowest BCUT2D eigenvalue weighted by molar-refractivity contribution is -0.123. The molecule has 16 heavy (non-hydrogen) atoms. The summed E-state index contributed by atoms with van der Waals surface area (Å²) in [7, 11) is 0. The first-order valence-electron chi connectivity index (χ1n) is 6.62. The van der Waals surface area contributed by atoms with Crippen molar-refractivity contribution in [3.8, 4) is 0 Å². The quantitative estimate of drug-likeness (QED) is 0.740. The molecule has 2 rings (SSSR count). The number of hydrogen-bond donors (Lipinski definition) is 0. The molecular weight excluding hydrogens is 216 g/mol. The van der Waals surface area contributed by atoms with Crippen LogP contribution >= 0.6 is 11.8 Å². The molecule has 2 heteroatoms. The van der Waals surface area contributed by atoms with E-state index in [1.54, 1.807) is 0 Å². The highest BCUT2D eigenvalue weighted by molar-refractivity contribution is 8.00. The van der Waals surface area contributed by atoms with Gasteiger partial charge in [-0.2, -0.15) is 11.8 Å². The lowest BCUT2D eigenvalue weighted by Crippen LogP contribution is -2.25. The summed E-state index contributed by atoms with van der Waals surface area (Å²) in [6.45, 7) is 6.67. The highest BCUT2D eigenvalue weighted by atomic mass is 32.2. The van der Waals surface area contributed by atoms with Crippen molar-refractivity contribution < 1.29 is 4.79 Å². The number of carbonyl (C=O) groups excluding carboxylic acids is 1. The smallest absolute Gasteiger partial charge is 0.136 e. The minimum atomic E-state index is 0.304. The Morgan fingerprint density at radius 3 is 2.25 bits per heavy atom. The second-order valence-electron chi connectivity index (χ2n) is 6.65. The Morgan fingerprint density at radius 2 is 1.75 bits per heavy atom. The van der Waals surface area contributed by atoms with Crippen LogP contribution in [0.5, 0.6) is 0 Å². The molecule has 0 radical (unpaired) electrons. The topological polar surface area (TPSA) is 17.1 Å². The minimum Gasteiger partial charge on any atom is -0.299 e. The van der Waals surface area contributed by atoms with Crippen LogP contribution in [0.2, 0.25) is 0 Å². The summed E-state index contributed by atoms with van der Waals surface area (Å²) in [5, 5.41) is 1.62. The number of Topliss-reactive ketones (excluding diaryl/α,β-unsaturated/α-hetero) is 1. The SMILES string of the molecule is CC(C)(C)CCC(=O)C1CC2CCC(C1)S2.